The number of hydrogen-bond donors (Lipinski definition) is 1. The van der Waals surface area contributed by atoms with Gasteiger partial charge in [-0.15, -0.1) is 0 Å². The molecule has 2 N–H and O–H groups in total. The molecule has 1 amide bonds. The van der Waals surface area contributed by atoms with Gasteiger partial charge in [0.05, 0.1) is 23.5 Å². The number of anilines is 2. The van der Waals surface area contributed by atoms with Crippen molar-refractivity contribution >= 4 is 17.3 Å². The fourth-order valence-electron chi connectivity index (χ4n) is 2.67. The number of rotatable bonds is 2. The van der Waals surface area contributed by atoms with E-state index in [9.17, 15) is 22.4 Å². The maximum absolute atomic E-state index is 14.4. The highest BCUT2D eigenvalue weighted by molar-refractivity contribution is 6.00. The largest absolute Gasteiger partial charge is 0.476 e. The quantitative estimate of drug-likeness (QED) is 0.660. The topological polar surface area (TPSA) is 55.6 Å². The van der Waals surface area contributed by atoms with Crippen LogP contribution in [0.15, 0.2) is 36.4 Å². The normalized spacial score (nSPS) is 17.2. The van der Waals surface area contributed by atoms with Gasteiger partial charge in [-0.3, -0.25) is 4.79 Å². The van der Waals surface area contributed by atoms with Crippen LogP contribution in [-0.2, 0) is 17.5 Å². The predicted octanol–water partition coefficient (Wildman–Crippen LogP) is 3.74. The molecule has 8 heteroatoms. The van der Waals surface area contributed by atoms with Crippen molar-refractivity contribution < 1.29 is 27.1 Å². The van der Waals surface area contributed by atoms with Gasteiger partial charge in [0, 0.05) is 0 Å². The SMILES string of the molecule is C[C@H]1Oc2c(cc(C(F)(F)F)c(N)c2F)N(Cc2ccccc2)C1=O. The Morgan fingerprint density at radius 2 is 1.88 bits per heavy atom. The minimum atomic E-state index is -4.86. The summed E-state index contributed by atoms with van der Waals surface area (Å²) < 4.78 is 59.0. The van der Waals surface area contributed by atoms with Crippen LogP contribution in [-0.4, -0.2) is 12.0 Å². The summed E-state index contributed by atoms with van der Waals surface area (Å²) in [4.78, 5) is 13.5. The van der Waals surface area contributed by atoms with Crippen LogP contribution in [0.3, 0.4) is 0 Å². The van der Waals surface area contributed by atoms with Crippen molar-refractivity contribution in [1.29, 1.82) is 0 Å². The first-order chi connectivity index (χ1) is 11.7. The van der Waals surface area contributed by atoms with Crippen molar-refractivity contribution in [2.75, 3.05) is 10.6 Å². The first kappa shape index (κ1) is 17.1. The zero-order valence-corrected chi connectivity index (χ0v) is 13.1. The molecule has 0 radical (unpaired) electrons. The standard InChI is InChI=1S/C17H14F4N2O2/c1-9-16(24)23(8-10-5-3-2-4-6-10)12-7-11(17(19,20)21)14(22)13(18)15(12)25-9/h2-7,9H,8,22H2,1H3/t9-/m1/s1. The van der Waals surface area contributed by atoms with E-state index in [0.29, 0.717) is 11.6 Å². The molecule has 0 saturated heterocycles. The number of hydrogen-bond acceptors (Lipinski definition) is 3. The lowest BCUT2D eigenvalue weighted by molar-refractivity contribution is -0.137. The van der Waals surface area contributed by atoms with E-state index in [-0.39, 0.29) is 12.2 Å². The van der Waals surface area contributed by atoms with E-state index >= 15 is 0 Å². The number of nitrogens with zero attached hydrogens (tertiary/aromatic N) is 1. The molecule has 1 heterocycles. The highest BCUT2D eigenvalue weighted by Crippen LogP contribution is 2.45. The molecule has 1 aliphatic rings. The second kappa shape index (κ2) is 5.94. The molecule has 0 fully saturated rings. The lowest BCUT2D eigenvalue weighted by Gasteiger charge is -2.34. The van der Waals surface area contributed by atoms with Gasteiger partial charge in [-0.2, -0.15) is 13.2 Å². The number of carbonyl (C=O) groups excluding carboxylic acids is 1. The molecule has 0 aliphatic carbocycles. The fraction of sp³-hybridized carbons (Fsp3) is 0.235. The van der Waals surface area contributed by atoms with Gasteiger partial charge < -0.3 is 15.4 Å². The third kappa shape index (κ3) is 2.99. The van der Waals surface area contributed by atoms with Crippen molar-refractivity contribution in [2.24, 2.45) is 0 Å². The van der Waals surface area contributed by atoms with Crippen LogP contribution in [0.1, 0.15) is 18.1 Å². The summed E-state index contributed by atoms with van der Waals surface area (Å²) in [5.41, 5.74) is 3.30. The highest BCUT2D eigenvalue weighted by Gasteiger charge is 2.41. The minimum Gasteiger partial charge on any atom is -0.476 e. The second-order valence-electron chi connectivity index (χ2n) is 5.67. The summed E-state index contributed by atoms with van der Waals surface area (Å²) in [6.07, 6.45) is -5.90. The van der Waals surface area contributed by atoms with Gasteiger partial charge >= 0.3 is 6.18 Å². The summed E-state index contributed by atoms with van der Waals surface area (Å²) in [5.74, 6) is -2.33. The summed E-state index contributed by atoms with van der Waals surface area (Å²) >= 11 is 0. The molecule has 3 rings (SSSR count). The molecule has 0 saturated carbocycles. The van der Waals surface area contributed by atoms with Crippen molar-refractivity contribution in [2.45, 2.75) is 25.7 Å². The monoisotopic (exact) mass is 354 g/mol. The molecule has 0 unspecified atom stereocenters. The second-order valence-corrected chi connectivity index (χ2v) is 5.67. The predicted molar refractivity (Wildman–Crippen MR) is 83.5 cm³/mol. The molecule has 25 heavy (non-hydrogen) atoms. The van der Waals surface area contributed by atoms with Crippen LogP contribution in [0.5, 0.6) is 5.75 Å². The average molecular weight is 354 g/mol. The maximum atomic E-state index is 14.4. The number of halogens is 4. The number of benzene rings is 2. The van der Waals surface area contributed by atoms with Crippen LogP contribution >= 0.6 is 0 Å². The van der Waals surface area contributed by atoms with Gasteiger partial charge in [-0.1, -0.05) is 30.3 Å². The number of carbonyl (C=O) groups is 1. The van der Waals surface area contributed by atoms with Crippen LogP contribution in [0.4, 0.5) is 28.9 Å². The summed E-state index contributed by atoms with van der Waals surface area (Å²) in [7, 11) is 0. The van der Waals surface area contributed by atoms with Gasteiger partial charge in [0.25, 0.3) is 5.91 Å². The number of fused-ring (bicyclic) bond motifs is 1. The highest BCUT2D eigenvalue weighted by atomic mass is 19.4. The van der Waals surface area contributed by atoms with Crippen molar-refractivity contribution in [3.05, 3.63) is 53.3 Å². The molecular formula is C17H14F4N2O2. The molecule has 0 bridgehead atoms. The van der Waals surface area contributed by atoms with Gasteiger partial charge in [-0.05, 0) is 18.6 Å². The number of amides is 1. The zero-order chi connectivity index (χ0) is 18.4. The van der Waals surface area contributed by atoms with E-state index in [0.717, 1.165) is 4.90 Å². The summed E-state index contributed by atoms with van der Waals surface area (Å²) in [5, 5.41) is 0. The Bertz CT molecular complexity index is 822. The first-order valence-electron chi connectivity index (χ1n) is 7.41. The molecule has 0 spiro atoms. The minimum absolute atomic E-state index is 0.0129. The Hall–Kier alpha value is -2.77. The van der Waals surface area contributed by atoms with E-state index in [1.165, 1.54) is 6.92 Å². The van der Waals surface area contributed by atoms with Crippen LogP contribution < -0.4 is 15.4 Å². The van der Waals surface area contributed by atoms with Crippen LogP contribution in [0, 0.1) is 5.82 Å². The Kier molecular flexibility index (Phi) is 4.06. The van der Waals surface area contributed by atoms with E-state index in [1.54, 1.807) is 30.3 Å². The molecule has 132 valence electrons. The van der Waals surface area contributed by atoms with E-state index < -0.39 is 41.0 Å². The molecule has 2 aromatic carbocycles. The first-order valence-corrected chi connectivity index (χ1v) is 7.41. The number of alkyl halides is 3. The molecule has 4 nitrogen and oxygen atoms in total. The fourth-order valence-corrected chi connectivity index (χ4v) is 2.67. The maximum Gasteiger partial charge on any atom is 0.418 e. The lowest BCUT2D eigenvalue weighted by atomic mass is 10.1. The van der Waals surface area contributed by atoms with E-state index in [1.807, 2.05) is 0 Å². The summed E-state index contributed by atoms with van der Waals surface area (Å²) in [6.45, 7) is 1.39. The van der Waals surface area contributed by atoms with Crippen molar-refractivity contribution in [1.82, 2.24) is 0 Å². The molecule has 1 aliphatic heterocycles. The van der Waals surface area contributed by atoms with Crippen LogP contribution in [0.25, 0.3) is 0 Å². The Balaban J connectivity index is 2.16. The third-order valence-corrected chi connectivity index (χ3v) is 3.93. The zero-order valence-electron chi connectivity index (χ0n) is 13.1. The van der Waals surface area contributed by atoms with Crippen molar-refractivity contribution in [3.8, 4) is 5.75 Å². The van der Waals surface area contributed by atoms with Gasteiger partial charge in [0.1, 0.15) is 0 Å². The molecule has 0 aromatic heterocycles. The van der Waals surface area contributed by atoms with Crippen molar-refractivity contribution in [3.63, 3.8) is 0 Å². The average Bonchev–Trinajstić information content (AvgIpc) is 2.55. The Morgan fingerprint density at radius 1 is 1.24 bits per heavy atom. The number of nitrogens with two attached hydrogens (primary N) is 1. The number of ether oxygens (including phenoxy) is 1. The van der Waals surface area contributed by atoms with E-state index in [2.05, 4.69) is 0 Å². The van der Waals surface area contributed by atoms with Crippen LogP contribution in [0.2, 0.25) is 0 Å². The smallest absolute Gasteiger partial charge is 0.418 e. The Labute approximate surface area is 140 Å². The Morgan fingerprint density at radius 3 is 2.48 bits per heavy atom. The molecule has 1 atom stereocenters. The van der Waals surface area contributed by atoms with E-state index in [4.69, 9.17) is 10.5 Å². The van der Waals surface area contributed by atoms with Gasteiger partial charge in [0.15, 0.2) is 17.7 Å². The number of nitrogen functional groups attached to an aromatic ring is 1. The lowest BCUT2D eigenvalue weighted by Crippen LogP contribution is -2.44. The third-order valence-electron chi connectivity index (χ3n) is 3.93. The van der Waals surface area contributed by atoms with Gasteiger partial charge in [0.2, 0.25) is 0 Å². The molecular weight excluding hydrogens is 340 g/mol. The van der Waals surface area contributed by atoms with Gasteiger partial charge in [-0.25, -0.2) is 4.39 Å². The summed E-state index contributed by atoms with van der Waals surface area (Å²) in [6, 6.07) is 9.31. The molecule has 2 aromatic rings.